The lowest BCUT2D eigenvalue weighted by atomic mass is 9.91. The molecule has 1 aromatic carbocycles. The quantitative estimate of drug-likeness (QED) is 0.354. The van der Waals surface area contributed by atoms with Gasteiger partial charge in [-0.25, -0.2) is 8.42 Å². The molecule has 0 spiro atoms. The fourth-order valence-corrected chi connectivity index (χ4v) is 4.27. The molecule has 0 aliphatic carbocycles. The van der Waals surface area contributed by atoms with Gasteiger partial charge in [0.15, 0.2) is 0 Å². The molecule has 1 aromatic rings. The van der Waals surface area contributed by atoms with Crippen LogP contribution in [0.5, 0.6) is 0 Å². The van der Waals surface area contributed by atoms with Crippen LogP contribution in [0.2, 0.25) is 0 Å². The van der Waals surface area contributed by atoms with Gasteiger partial charge in [-0.3, -0.25) is 4.79 Å². The highest BCUT2D eigenvalue weighted by Crippen LogP contribution is 2.24. The zero-order valence-electron chi connectivity index (χ0n) is 13.5. The Kier molecular flexibility index (Phi) is 6.70. The SMILES string of the molecule is Cc1ccc(S(=O)(=O)SCCCC#CC(=O)C(C)(C)C)cc1. The van der Waals surface area contributed by atoms with Crippen LogP contribution in [0, 0.1) is 24.2 Å². The van der Waals surface area contributed by atoms with Gasteiger partial charge >= 0.3 is 0 Å². The van der Waals surface area contributed by atoms with E-state index in [0.717, 1.165) is 16.4 Å². The molecule has 120 valence electrons. The van der Waals surface area contributed by atoms with Crippen LogP contribution in [0.3, 0.4) is 0 Å². The second-order valence-electron chi connectivity index (χ2n) is 6.07. The van der Waals surface area contributed by atoms with E-state index in [9.17, 15) is 13.2 Å². The highest BCUT2D eigenvalue weighted by molar-refractivity contribution is 8.72. The number of hydrogen-bond donors (Lipinski definition) is 0. The molecule has 3 nitrogen and oxygen atoms in total. The van der Waals surface area contributed by atoms with Gasteiger partial charge in [-0.05, 0) is 42.2 Å². The van der Waals surface area contributed by atoms with Gasteiger partial charge in [0, 0.05) is 17.6 Å². The molecule has 0 saturated carbocycles. The summed E-state index contributed by atoms with van der Waals surface area (Å²) >= 11 is 0. The molecule has 0 aliphatic rings. The van der Waals surface area contributed by atoms with Gasteiger partial charge in [-0.2, -0.15) is 0 Å². The molecule has 22 heavy (non-hydrogen) atoms. The summed E-state index contributed by atoms with van der Waals surface area (Å²) in [6, 6.07) is 6.83. The molecule has 0 heterocycles. The van der Waals surface area contributed by atoms with Crippen LogP contribution in [0.4, 0.5) is 0 Å². The molecule has 0 bridgehead atoms. The summed E-state index contributed by atoms with van der Waals surface area (Å²) in [5.74, 6) is 5.80. The maximum atomic E-state index is 12.1. The predicted molar refractivity (Wildman–Crippen MR) is 92.3 cm³/mol. The Morgan fingerprint density at radius 2 is 1.77 bits per heavy atom. The normalized spacial score (nSPS) is 11.6. The molecule has 0 fully saturated rings. The highest BCUT2D eigenvalue weighted by Gasteiger charge is 2.18. The number of carbonyl (C=O) groups excluding carboxylic acids is 1. The van der Waals surface area contributed by atoms with Crippen LogP contribution in [0.1, 0.15) is 39.2 Å². The third kappa shape index (κ3) is 6.25. The Hall–Kier alpha value is -1.25. The van der Waals surface area contributed by atoms with E-state index >= 15 is 0 Å². The fraction of sp³-hybridized carbons (Fsp3) is 0.471. The van der Waals surface area contributed by atoms with Gasteiger partial charge < -0.3 is 0 Å². The molecule has 0 amide bonds. The molecular weight excluding hydrogens is 316 g/mol. The van der Waals surface area contributed by atoms with Crippen molar-refractivity contribution >= 4 is 25.4 Å². The standard InChI is InChI=1S/C17H22O3S2/c1-14-9-11-15(12-10-14)22(19,20)21-13-7-5-6-8-16(18)17(2,3)4/h9-12H,5,7,13H2,1-4H3. The van der Waals surface area contributed by atoms with Crippen molar-refractivity contribution in [2.24, 2.45) is 5.41 Å². The maximum Gasteiger partial charge on any atom is 0.229 e. The minimum atomic E-state index is -3.30. The predicted octanol–water partition coefficient (Wildman–Crippen LogP) is 3.82. The first kappa shape index (κ1) is 18.8. The van der Waals surface area contributed by atoms with Gasteiger partial charge in [0.1, 0.15) is 0 Å². The fourth-order valence-electron chi connectivity index (χ4n) is 1.43. The zero-order chi connectivity index (χ0) is 16.8. The summed E-state index contributed by atoms with van der Waals surface area (Å²) in [6.07, 6.45) is 1.17. The molecule has 0 radical (unpaired) electrons. The lowest BCUT2D eigenvalue weighted by molar-refractivity contribution is -0.120. The van der Waals surface area contributed by atoms with Gasteiger partial charge in [0.2, 0.25) is 14.7 Å². The van der Waals surface area contributed by atoms with E-state index in [-0.39, 0.29) is 5.78 Å². The maximum absolute atomic E-state index is 12.1. The van der Waals surface area contributed by atoms with Crippen molar-refractivity contribution in [3.8, 4) is 11.8 Å². The largest absolute Gasteiger partial charge is 0.284 e. The van der Waals surface area contributed by atoms with Crippen molar-refractivity contribution < 1.29 is 13.2 Å². The number of aryl methyl sites for hydroxylation is 1. The van der Waals surface area contributed by atoms with Crippen molar-refractivity contribution in [2.45, 2.75) is 45.4 Å². The lowest BCUT2D eigenvalue weighted by Crippen LogP contribution is -2.17. The van der Waals surface area contributed by atoms with Crippen LogP contribution in [0.25, 0.3) is 0 Å². The molecule has 0 atom stereocenters. The van der Waals surface area contributed by atoms with Gasteiger partial charge in [0.25, 0.3) is 0 Å². The summed E-state index contributed by atoms with van der Waals surface area (Å²) in [4.78, 5) is 11.9. The summed E-state index contributed by atoms with van der Waals surface area (Å²) in [7, 11) is -2.38. The molecule has 0 saturated heterocycles. The average Bonchev–Trinajstić information content (AvgIpc) is 2.41. The third-order valence-electron chi connectivity index (χ3n) is 2.88. The molecule has 0 N–H and O–H groups in total. The first-order valence-electron chi connectivity index (χ1n) is 7.12. The van der Waals surface area contributed by atoms with E-state index in [1.165, 1.54) is 0 Å². The lowest BCUT2D eigenvalue weighted by Gasteiger charge is -2.10. The van der Waals surface area contributed by atoms with E-state index < -0.39 is 14.3 Å². The Morgan fingerprint density at radius 1 is 1.18 bits per heavy atom. The molecular formula is C17H22O3S2. The Morgan fingerprint density at radius 3 is 2.32 bits per heavy atom. The third-order valence-corrected chi connectivity index (χ3v) is 6.50. The van der Waals surface area contributed by atoms with E-state index in [2.05, 4.69) is 11.8 Å². The van der Waals surface area contributed by atoms with Crippen molar-refractivity contribution in [1.29, 1.82) is 0 Å². The first-order valence-corrected chi connectivity index (χ1v) is 10.1. The van der Waals surface area contributed by atoms with Gasteiger partial charge in [-0.15, -0.1) is 0 Å². The summed E-state index contributed by atoms with van der Waals surface area (Å²) in [5, 5.41) is 0. The van der Waals surface area contributed by atoms with Crippen molar-refractivity contribution in [3.63, 3.8) is 0 Å². The number of rotatable bonds is 5. The first-order chi connectivity index (χ1) is 10.1. The van der Waals surface area contributed by atoms with Gasteiger partial charge in [0.05, 0.1) is 4.90 Å². The van der Waals surface area contributed by atoms with Crippen molar-refractivity contribution in [2.75, 3.05) is 5.75 Å². The number of benzene rings is 1. The van der Waals surface area contributed by atoms with E-state index in [1.54, 1.807) is 24.3 Å². The van der Waals surface area contributed by atoms with E-state index in [1.807, 2.05) is 27.7 Å². The van der Waals surface area contributed by atoms with Crippen LogP contribution >= 0.6 is 10.8 Å². The van der Waals surface area contributed by atoms with E-state index in [0.29, 0.717) is 23.5 Å². The number of ketones is 1. The number of Topliss-reactive ketones (excluding diaryl/α,β-unsaturated/α-hetero) is 1. The summed E-state index contributed by atoms with van der Waals surface area (Å²) in [5.41, 5.74) is 0.582. The van der Waals surface area contributed by atoms with Crippen LogP contribution < -0.4 is 0 Å². The Balaban J connectivity index is 2.43. The zero-order valence-corrected chi connectivity index (χ0v) is 15.1. The second kappa shape index (κ2) is 7.85. The summed E-state index contributed by atoms with van der Waals surface area (Å²) in [6.45, 7) is 7.40. The molecule has 0 aliphatic heterocycles. The van der Waals surface area contributed by atoms with Crippen molar-refractivity contribution in [3.05, 3.63) is 29.8 Å². The van der Waals surface area contributed by atoms with Crippen molar-refractivity contribution in [1.82, 2.24) is 0 Å². The minimum Gasteiger partial charge on any atom is -0.284 e. The second-order valence-corrected chi connectivity index (χ2v) is 10.1. The Bertz CT molecular complexity index is 669. The topological polar surface area (TPSA) is 51.2 Å². The van der Waals surface area contributed by atoms with Crippen LogP contribution in [-0.2, 0) is 13.7 Å². The van der Waals surface area contributed by atoms with E-state index in [4.69, 9.17) is 0 Å². The Labute approximate surface area is 137 Å². The average molecular weight is 338 g/mol. The van der Waals surface area contributed by atoms with Gasteiger partial charge in [-0.1, -0.05) is 44.4 Å². The molecule has 5 heteroatoms. The smallest absolute Gasteiger partial charge is 0.229 e. The number of unbranched alkanes of at least 4 members (excludes halogenated alkanes) is 1. The molecule has 1 rings (SSSR count). The van der Waals surface area contributed by atoms with Crippen LogP contribution in [0.15, 0.2) is 29.2 Å². The number of hydrogen-bond acceptors (Lipinski definition) is 4. The highest BCUT2D eigenvalue weighted by atomic mass is 33.1. The monoisotopic (exact) mass is 338 g/mol. The minimum absolute atomic E-state index is 0.0903. The molecule has 0 unspecified atom stereocenters. The molecule has 0 aromatic heterocycles. The number of carbonyl (C=O) groups is 1. The van der Waals surface area contributed by atoms with Crippen LogP contribution in [-0.4, -0.2) is 20.0 Å². The summed E-state index contributed by atoms with van der Waals surface area (Å²) < 4.78 is 24.2.